The summed E-state index contributed by atoms with van der Waals surface area (Å²) in [4.78, 5) is 4.06. The van der Waals surface area contributed by atoms with Crippen LogP contribution in [0.5, 0.6) is 0 Å². The van der Waals surface area contributed by atoms with E-state index in [2.05, 4.69) is 39.4 Å². The van der Waals surface area contributed by atoms with Gasteiger partial charge in [0.2, 0.25) is 0 Å². The molecule has 0 radical (unpaired) electrons. The van der Waals surface area contributed by atoms with Crippen molar-refractivity contribution < 1.29 is 8.42 Å². The SMILES string of the molecule is CN=C(NCCS(C)(=O)=O)NCC(C)c1ccsc1.I. The van der Waals surface area contributed by atoms with Crippen LogP contribution in [0, 0.1) is 0 Å². The van der Waals surface area contributed by atoms with Gasteiger partial charge < -0.3 is 10.6 Å². The van der Waals surface area contributed by atoms with Crippen LogP contribution < -0.4 is 10.6 Å². The monoisotopic (exact) mass is 431 g/mol. The van der Waals surface area contributed by atoms with E-state index in [4.69, 9.17) is 0 Å². The Morgan fingerprint density at radius 1 is 1.45 bits per heavy atom. The molecule has 8 heteroatoms. The fourth-order valence-corrected chi connectivity index (χ4v) is 2.75. The summed E-state index contributed by atoms with van der Waals surface area (Å²) < 4.78 is 22.0. The van der Waals surface area contributed by atoms with E-state index in [9.17, 15) is 8.42 Å². The summed E-state index contributed by atoms with van der Waals surface area (Å²) in [5, 5.41) is 10.4. The Hall–Kier alpha value is -0.350. The van der Waals surface area contributed by atoms with E-state index >= 15 is 0 Å². The maximum Gasteiger partial charge on any atom is 0.191 e. The molecule has 1 unspecified atom stereocenters. The van der Waals surface area contributed by atoms with Crippen LogP contribution in [0.25, 0.3) is 0 Å². The molecule has 0 amide bonds. The van der Waals surface area contributed by atoms with Crippen molar-refractivity contribution in [2.75, 3.05) is 32.1 Å². The summed E-state index contributed by atoms with van der Waals surface area (Å²) in [6, 6.07) is 2.11. The van der Waals surface area contributed by atoms with Gasteiger partial charge in [0, 0.05) is 26.4 Å². The standard InChI is InChI=1S/C12H21N3O2S2.HI/c1-10(11-4-6-18-9-11)8-15-12(13-2)14-5-7-19(3,16)17;/h4,6,9-10H,5,7-8H2,1-3H3,(H2,13,14,15);1H. The topological polar surface area (TPSA) is 70.6 Å². The number of nitrogens with zero attached hydrogens (tertiary/aromatic N) is 1. The molecule has 0 aliphatic rings. The Morgan fingerprint density at radius 2 is 2.15 bits per heavy atom. The minimum atomic E-state index is -2.94. The number of guanidine groups is 1. The molecule has 1 rings (SSSR count). The summed E-state index contributed by atoms with van der Waals surface area (Å²) >= 11 is 1.68. The summed E-state index contributed by atoms with van der Waals surface area (Å²) in [7, 11) is -1.27. The predicted molar refractivity (Wildman–Crippen MR) is 97.2 cm³/mol. The lowest BCUT2D eigenvalue weighted by Gasteiger charge is -2.15. The van der Waals surface area contributed by atoms with Crippen molar-refractivity contribution in [1.82, 2.24) is 10.6 Å². The van der Waals surface area contributed by atoms with Crippen LogP contribution in [-0.4, -0.2) is 46.5 Å². The number of sulfone groups is 1. The van der Waals surface area contributed by atoms with Crippen molar-refractivity contribution in [3.8, 4) is 0 Å². The average Bonchev–Trinajstić information content (AvgIpc) is 2.85. The third-order valence-corrected chi connectivity index (χ3v) is 4.32. The number of halogens is 1. The molecule has 5 nitrogen and oxygen atoms in total. The maximum atomic E-state index is 11.0. The van der Waals surface area contributed by atoms with Crippen LogP contribution in [0.2, 0.25) is 0 Å². The number of rotatable bonds is 6. The fourth-order valence-electron chi connectivity index (χ4n) is 1.50. The molecule has 1 heterocycles. The van der Waals surface area contributed by atoms with Crippen LogP contribution in [0.3, 0.4) is 0 Å². The molecule has 0 aliphatic heterocycles. The Kier molecular flexibility index (Phi) is 9.39. The van der Waals surface area contributed by atoms with Crippen molar-refractivity contribution in [1.29, 1.82) is 0 Å². The van der Waals surface area contributed by atoms with Crippen molar-refractivity contribution in [2.45, 2.75) is 12.8 Å². The minimum Gasteiger partial charge on any atom is -0.356 e. The second-order valence-corrected chi connectivity index (χ2v) is 7.51. The van der Waals surface area contributed by atoms with E-state index in [0.717, 1.165) is 6.54 Å². The molecule has 0 aromatic carbocycles. The van der Waals surface area contributed by atoms with Gasteiger partial charge in [-0.25, -0.2) is 8.42 Å². The number of nitrogens with one attached hydrogen (secondary N) is 2. The van der Waals surface area contributed by atoms with Crippen molar-refractivity contribution in [3.63, 3.8) is 0 Å². The Bertz CT molecular complexity index is 501. The maximum absolute atomic E-state index is 11.0. The van der Waals surface area contributed by atoms with Crippen molar-refractivity contribution in [3.05, 3.63) is 22.4 Å². The van der Waals surface area contributed by atoms with Gasteiger partial charge >= 0.3 is 0 Å². The molecule has 20 heavy (non-hydrogen) atoms. The van der Waals surface area contributed by atoms with E-state index in [1.807, 2.05) is 0 Å². The smallest absolute Gasteiger partial charge is 0.191 e. The lowest BCUT2D eigenvalue weighted by atomic mass is 10.1. The normalized spacial score (nSPS) is 13.4. The second-order valence-electron chi connectivity index (χ2n) is 4.47. The van der Waals surface area contributed by atoms with E-state index in [0.29, 0.717) is 18.4 Å². The Labute approximate surface area is 142 Å². The van der Waals surface area contributed by atoms with E-state index < -0.39 is 9.84 Å². The van der Waals surface area contributed by atoms with Gasteiger partial charge in [-0.1, -0.05) is 6.92 Å². The first-order valence-corrected chi connectivity index (χ1v) is 9.07. The third-order valence-electron chi connectivity index (χ3n) is 2.68. The summed E-state index contributed by atoms with van der Waals surface area (Å²) in [5.74, 6) is 1.12. The first kappa shape index (κ1) is 19.7. The van der Waals surface area contributed by atoms with Gasteiger partial charge in [0.15, 0.2) is 5.96 Å². The molecular formula is C12H22IN3O2S2. The molecule has 0 spiro atoms. The Balaban J connectivity index is 0.00000361. The van der Waals surface area contributed by atoms with Gasteiger partial charge in [-0.3, -0.25) is 4.99 Å². The van der Waals surface area contributed by atoms with Gasteiger partial charge in [-0.05, 0) is 28.3 Å². The highest BCUT2D eigenvalue weighted by Gasteiger charge is 2.07. The van der Waals surface area contributed by atoms with Crippen molar-refractivity contribution >= 4 is 51.1 Å². The zero-order valence-electron chi connectivity index (χ0n) is 11.9. The minimum absolute atomic E-state index is 0. The number of aliphatic imine (C=N–C) groups is 1. The number of hydrogen-bond acceptors (Lipinski definition) is 4. The van der Waals surface area contributed by atoms with E-state index in [-0.39, 0.29) is 29.7 Å². The molecule has 1 aromatic heterocycles. The van der Waals surface area contributed by atoms with Gasteiger partial charge in [-0.15, -0.1) is 24.0 Å². The van der Waals surface area contributed by atoms with Crippen LogP contribution in [0.1, 0.15) is 18.4 Å². The predicted octanol–water partition coefficient (Wildman–Crippen LogP) is 1.68. The third kappa shape index (κ3) is 8.05. The Morgan fingerprint density at radius 3 is 2.65 bits per heavy atom. The molecule has 0 bridgehead atoms. The molecule has 1 atom stereocenters. The highest BCUT2D eigenvalue weighted by molar-refractivity contribution is 14.0. The van der Waals surface area contributed by atoms with Gasteiger partial charge in [-0.2, -0.15) is 11.3 Å². The summed E-state index contributed by atoms with van der Waals surface area (Å²) in [6.45, 7) is 3.26. The summed E-state index contributed by atoms with van der Waals surface area (Å²) in [6.07, 6.45) is 1.23. The average molecular weight is 431 g/mol. The molecule has 0 saturated heterocycles. The molecule has 116 valence electrons. The van der Waals surface area contributed by atoms with E-state index in [1.54, 1.807) is 18.4 Å². The molecule has 1 aromatic rings. The molecule has 0 aliphatic carbocycles. The van der Waals surface area contributed by atoms with E-state index in [1.165, 1.54) is 11.8 Å². The van der Waals surface area contributed by atoms with Crippen LogP contribution in [-0.2, 0) is 9.84 Å². The first-order valence-electron chi connectivity index (χ1n) is 6.06. The second kappa shape index (κ2) is 9.56. The van der Waals surface area contributed by atoms with Gasteiger partial charge in [0.25, 0.3) is 0 Å². The molecule has 2 N–H and O–H groups in total. The zero-order valence-corrected chi connectivity index (χ0v) is 15.9. The highest BCUT2D eigenvalue weighted by Crippen LogP contribution is 2.16. The lowest BCUT2D eigenvalue weighted by Crippen LogP contribution is -2.40. The zero-order chi connectivity index (χ0) is 14.3. The highest BCUT2D eigenvalue weighted by atomic mass is 127. The lowest BCUT2D eigenvalue weighted by molar-refractivity contribution is 0.600. The van der Waals surface area contributed by atoms with Crippen LogP contribution in [0.4, 0.5) is 0 Å². The van der Waals surface area contributed by atoms with Crippen LogP contribution >= 0.6 is 35.3 Å². The largest absolute Gasteiger partial charge is 0.356 e. The summed E-state index contributed by atoms with van der Waals surface area (Å²) in [5.41, 5.74) is 1.30. The molecular weight excluding hydrogens is 409 g/mol. The van der Waals surface area contributed by atoms with Crippen LogP contribution in [0.15, 0.2) is 21.8 Å². The van der Waals surface area contributed by atoms with Gasteiger partial charge in [0.1, 0.15) is 9.84 Å². The van der Waals surface area contributed by atoms with Crippen molar-refractivity contribution in [2.24, 2.45) is 4.99 Å². The number of thiophene rings is 1. The molecule has 0 fully saturated rings. The fraction of sp³-hybridized carbons (Fsp3) is 0.583. The quantitative estimate of drug-likeness (QED) is 0.409. The number of hydrogen-bond donors (Lipinski definition) is 2. The first-order chi connectivity index (χ1) is 8.92. The molecule has 0 saturated carbocycles. The van der Waals surface area contributed by atoms with Gasteiger partial charge in [0.05, 0.1) is 5.75 Å².